The van der Waals surface area contributed by atoms with Gasteiger partial charge in [0.05, 0.1) is 6.10 Å². The van der Waals surface area contributed by atoms with E-state index < -0.39 is 0 Å². The van der Waals surface area contributed by atoms with Gasteiger partial charge in [0.15, 0.2) is 0 Å². The van der Waals surface area contributed by atoms with Crippen LogP contribution in [0.15, 0.2) is 12.4 Å². The first-order valence-corrected chi connectivity index (χ1v) is 7.13. The number of nitrogens with zero attached hydrogens (tertiary/aromatic N) is 2. The molecule has 5 nitrogen and oxygen atoms in total. The zero-order chi connectivity index (χ0) is 13.9. The minimum atomic E-state index is 0.321. The van der Waals surface area contributed by atoms with Gasteiger partial charge in [-0.2, -0.15) is 0 Å². The molecule has 2 N–H and O–H groups in total. The molecule has 5 heteroatoms. The molecule has 0 radical (unpaired) electrons. The maximum atomic E-state index is 5.49. The zero-order valence-electron chi connectivity index (χ0n) is 12.3. The highest BCUT2D eigenvalue weighted by Crippen LogP contribution is 2.08. The van der Waals surface area contributed by atoms with Gasteiger partial charge in [0.2, 0.25) is 0 Å². The van der Waals surface area contributed by atoms with Crippen molar-refractivity contribution in [2.45, 2.75) is 46.1 Å². The van der Waals surface area contributed by atoms with Gasteiger partial charge in [-0.3, -0.25) is 0 Å². The molecule has 19 heavy (non-hydrogen) atoms. The number of unbranched alkanes of at least 4 members (excludes halogenated alkanes) is 1. The zero-order valence-corrected chi connectivity index (χ0v) is 12.3. The molecule has 0 saturated carbocycles. The quantitative estimate of drug-likeness (QED) is 0.638. The maximum Gasteiger partial charge on any atom is 0.131 e. The van der Waals surface area contributed by atoms with Crippen LogP contribution in [-0.4, -0.2) is 35.8 Å². The normalized spacial score (nSPS) is 10.7. The fourth-order valence-electron chi connectivity index (χ4n) is 1.57. The van der Waals surface area contributed by atoms with Crippen LogP contribution in [0.4, 0.5) is 11.6 Å². The Bertz CT molecular complexity index is 344. The molecule has 0 aliphatic carbocycles. The first kappa shape index (κ1) is 15.7. The minimum Gasteiger partial charge on any atom is -0.379 e. The molecule has 1 aromatic heterocycles. The minimum absolute atomic E-state index is 0.321. The van der Waals surface area contributed by atoms with Crippen molar-refractivity contribution < 1.29 is 4.74 Å². The van der Waals surface area contributed by atoms with Crippen molar-refractivity contribution in [1.29, 1.82) is 0 Å². The van der Waals surface area contributed by atoms with Gasteiger partial charge in [-0.1, -0.05) is 6.92 Å². The Morgan fingerprint density at radius 2 is 1.79 bits per heavy atom. The van der Waals surface area contributed by atoms with Crippen molar-refractivity contribution in [3.05, 3.63) is 12.4 Å². The van der Waals surface area contributed by atoms with Gasteiger partial charge in [0.25, 0.3) is 0 Å². The number of rotatable bonds is 10. The van der Waals surface area contributed by atoms with Gasteiger partial charge in [-0.05, 0) is 33.1 Å². The average Bonchev–Trinajstić information content (AvgIpc) is 2.40. The summed E-state index contributed by atoms with van der Waals surface area (Å²) in [4.78, 5) is 8.37. The number of anilines is 2. The average molecular weight is 266 g/mol. The monoisotopic (exact) mass is 266 g/mol. The van der Waals surface area contributed by atoms with E-state index in [-0.39, 0.29) is 0 Å². The third-order valence-electron chi connectivity index (χ3n) is 2.55. The smallest absolute Gasteiger partial charge is 0.131 e. The van der Waals surface area contributed by atoms with E-state index in [4.69, 9.17) is 4.74 Å². The van der Waals surface area contributed by atoms with Crippen molar-refractivity contribution in [3.63, 3.8) is 0 Å². The first-order chi connectivity index (χ1) is 9.22. The molecule has 0 aliphatic heterocycles. The molecule has 1 rings (SSSR count). The molecule has 108 valence electrons. The summed E-state index contributed by atoms with van der Waals surface area (Å²) in [6.07, 6.45) is 5.14. The van der Waals surface area contributed by atoms with E-state index in [1.54, 1.807) is 6.33 Å². The van der Waals surface area contributed by atoms with E-state index in [0.29, 0.717) is 6.10 Å². The summed E-state index contributed by atoms with van der Waals surface area (Å²) in [5, 5.41) is 6.55. The van der Waals surface area contributed by atoms with Crippen LogP contribution in [0, 0.1) is 0 Å². The lowest BCUT2D eigenvalue weighted by Crippen LogP contribution is -2.08. The summed E-state index contributed by atoms with van der Waals surface area (Å²) in [6, 6.07) is 1.94. The highest BCUT2D eigenvalue weighted by atomic mass is 16.5. The fourth-order valence-corrected chi connectivity index (χ4v) is 1.57. The second-order valence-corrected chi connectivity index (χ2v) is 4.77. The van der Waals surface area contributed by atoms with E-state index in [9.17, 15) is 0 Å². The molecule has 0 amide bonds. The number of hydrogen-bond acceptors (Lipinski definition) is 5. The molecule has 0 aliphatic rings. The number of aromatic nitrogens is 2. The molecule has 0 saturated heterocycles. The summed E-state index contributed by atoms with van der Waals surface area (Å²) in [5.41, 5.74) is 0. The number of hydrogen-bond donors (Lipinski definition) is 2. The van der Waals surface area contributed by atoms with Crippen LogP contribution in [-0.2, 0) is 4.74 Å². The van der Waals surface area contributed by atoms with Crippen LogP contribution in [0.2, 0.25) is 0 Å². The molecule has 0 atom stereocenters. The molecule has 0 fully saturated rings. The van der Waals surface area contributed by atoms with Crippen LogP contribution in [0.3, 0.4) is 0 Å². The van der Waals surface area contributed by atoms with Crippen LogP contribution in [0.25, 0.3) is 0 Å². The molecule has 0 unspecified atom stereocenters. The van der Waals surface area contributed by atoms with Crippen molar-refractivity contribution in [2.24, 2.45) is 0 Å². The van der Waals surface area contributed by atoms with Gasteiger partial charge < -0.3 is 15.4 Å². The first-order valence-electron chi connectivity index (χ1n) is 7.13. The number of nitrogens with one attached hydrogen (secondary N) is 2. The Labute approximate surface area is 116 Å². The van der Waals surface area contributed by atoms with E-state index in [0.717, 1.165) is 50.6 Å². The van der Waals surface area contributed by atoms with Gasteiger partial charge in [-0.25, -0.2) is 9.97 Å². The third kappa shape index (κ3) is 7.62. The summed E-state index contributed by atoms with van der Waals surface area (Å²) >= 11 is 0. The van der Waals surface area contributed by atoms with Crippen molar-refractivity contribution >= 4 is 11.6 Å². The Morgan fingerprint density at radius 3 is 2.42 bits per heavy atom. The van der Waals surface area contributed by atoms with E-state index in [1.807, 2.05) is 6.07 Å². The molecule has 1 heterocycles. The molecule has 1 aromatic rings. The van der Waals surface area contributed by atoms with Crippen molar-refractivity contribution in [3.8, 4) is 0 Å². The maximum absolute atomic E-state index is 5.49. The second kappa shape index (κ2) is 9.55. The number of ether oxygens (including phenoxy) is 1. The Balaban J connectivity index is 2.18. The predicted octanol–water partition coefficient (Wildman–Crippen LogP) is 2.92. The van der Waals surface area contributed by atoms with Gasteiger partial charge >= 0.3 is 0 Å². The lowest BCUT2D eigenvalue weighted by Gasteiger charge is -2.09. The van der Waals surface area contributed by atoms with Gasteiger partial charge in [0, 0.05) is 25.8 Å². The van der Waals surface area contributed by atoms with Gasteiger partial charge in [-0.15, -0.1) is 0 Å². The van der Waals surface area contributed by atoms with Crippen LogP contribution < -0.4 is 10.6 Å². The summed E-state index contributed by atoms with van der Waals surface area (Å²) in [6.45, 7) is 8.92. The lowest BCUT2D eigenvalue weighted by molar-refractivity contribution is 0.0765. The second-order valence-electron chi connectivity index (χ2n) is 4.77. The summed E-state index contributed by atoms with van der Waals surface area (Å²) < 4.78 is 5.49. The largest absolute Gasteiger partial charge is 0.379 e. The lowest BCUT2D eigenvalue weighted by atomic mass is 10.3. The topological polar surface area (TPSA) is 59.1 Å². The Morgan fingerprint density at radius 1 is 1.11 bits per heavy atom. The summed E-state index contributed by atoms with van der Waals surface area (Å²) in [5.74, 6) is 1.75. The standard InChI is InChI=1S/C14H26N4O/c1-4-7-15-13-10-14(18-11-17-13)16-8-5-6-9-19-12(2)3/h10-12H,4-9H2,1-3H3,(H2,15,16,17,18). The summed E-state index contributed by atoms with van der Waals surface area (Å²) in [7, 11) is 0. The Kier molecular flexibility index (Phi) is 7.89. The molecule has 0 bridgehead atoms. The molecule has 0 aromatic carbocycles. The fraction of sp³-hybridized carbons (Fsp3) is 0.714. The molecular weight excluding hydrogens is 240 g/mol. The highest BCUT2D eigenvalue weighted by molar-refractivity contribution is 5.46. The van der Waals surface area contributed by atoms with E-state index in [1.165, 1.54) is 0 Å². The Hall–Kier alpha value is -1.36. The van der Waals surface area contributed by atoms with Crippen LogP contribution in [0.1, 0.15) is 40.0 Å². The van der Waals surface area contributed by atoms with Crippen molar-refractivity contribution in [2.75, 3.05) is 30.3 Å². The van der Waals surface area contributed by atoms with Crippen LogP contribution >= 0.6 is 0 Å². The molecule has 0 spiro atoms. The predicted molar refractivity (Wildman–Crippen MR) is 79.6 cm³/mol. The van der Waals surface area contributed by atoms with E-state index in [2.05, 4.69) is 41.4 Å². The highest BCUT2D eigenvalue weighted by Gasteiger charge is 1.98. The van der Waals surface area contributed by atoms with Crippen molar-refractivity contribution in [1.82, 2.24) is 9.97 Å². The van der Waals surface area contributed by atoms with E-state index >= 15 is 0 Å². The van der Waals surface area contributed by atoms with Crippen LogP contribution in [0.5, 0.6) is 0 Å². The SMILES string of the molecule is CCCNc1cc(NCCCCOC(C)C)ncn1. The van der Waals surface area contributed by atoms with Gasteiger partial charge in [0.1, 0.15) is 18.0 Å². The third-order valence-corrected chi connectivity index (χ3v) is 2.55. The molecular formula is C14H26N4O.